The van der Waals surface area contributed by atoms with Crippen molar-refractivity contribution < 1.29 is 19.1 Å². The van der Waals surface area contributed by atoms with Gasteiger partial charge in [-0.1, -0.05) is 24.3 Å². The number of hydrogen-bond acceptors (Lipinski definition) is 4. The van der Waals surface area contributed by atoms with E-state index in [0.717, 1.165) is 5.56 Å². The van der Waals surface area contributed by atoms with Crippen LogP contribution in [-0.2, 0) is 21.7 Å². The number of imide groups is 1. The number of hydrogen-bond donors (Lipinski definition) is 3. The number of urea groups is 1. The SMILES string of the molecule is COCc1ccc(C(=O)Nc2cccc([C@]3(C)NC(=O)NC3=O)c2)cc1. The van der Waals surface area contributed by atoms with Crippen LogP contribution in [-0.4, -0.2) is 25.0 Å². The number of amides is 4. The average molecular weight is 353 g/mol. The lowest BCUT2D eigenvalue weighted by atomic mass is 9.92. The fourth-order valence-electron chi connectivity index (χ4n) is 2.78. The number of anilines is 1. The van der Waals surface area contributed by atoms with Crippen LogP contribution in [0.2, 0.25) is 0 Å². The standard InChI is InChI=1S/C19H19N3O4/c1-19(17(24)21-18(25)22-19)14-4-3-5-15(10-14)20-16(23)13-8-6-12(7-9-13)11-26-2/h3-10H,11H2,1-2H3,(H,20,23)(H2,21,22,24,25)/t19-/m0/s1. The Morgan fingerprint density at radius 1 is 1.15 bits per heavy atom. The summed E-state index contributed by atoms with van der Waals surface area (Å²) in [6, 6.07) is 13.4. The number of carbonyl (C=O) groups excluding carboxylic acids is 3. The second-order valence-corrected chi connectivity index (χ2v) is 6.20. The first-order valence-corrected chi connectivity index (χ1v) is 8.06. The molecule has 0 radical (unpaired) electrons. The third-order valence-electron chi connectivity index (χ3n) is 4.27. The quantitative estimate of drug-likeness (QED) is 0.718. The molecule has 134 valence electrons. The summed E-state index contributed by atoms with van der Waals surface area (Å²) >= 11 is 0. The smallest absolute Gasteiger partial charge is 0.322 e. The van der Waals surface area contributed by atoms with Gasteiger partial charge in [0.25, 0.3) is 11.8 Å². The highest BCUT2D eigenvalue weighted by Crippen LogP contribution is 2.26. The van der Waals surface area contributed by atoms with Gasteiger partial charge < -0.3 is 15.4 Å². The zero-order valence-corrected chi connectivity index (χ0v) is 14.5. The number of rotatable bonds is 5. The predicted octanol–water partition coefficient (Wildman–Crippen LogP) is 2.14. The van der Waals surface area contributed by atoms with Crippen molar-refractivity contribution in [3.05, 3.63) is 65.2 Å². The predicted molar refractivity (Wildman–Crippen MR) is 95.6 cm³/mol. The van der Waals surface area contributed by atoms with Gasteiger partial charge in [0.15, 0.2) is 0 Å². The van der Waals surface area contributed by atoms with Gasteiger partial charge in [0.1, 0.15) is 5.54 Å². The van der Waals surface area contributed by atoms with Crippen molar-refractivity contribution in [2.45, 2.75) is 19.1 Å². The van der Waals surface area contributed by atoms with Crippen molar-refractivity contribution in [2.24, 2.45) is 0 Å². The molecule has 3 N–H and O–H groups in total. The molecule has 0 aliphatic carbocycles. The number of methoxy groups -OCH3 is 1. The number of ether oxygens (including phenoxy) is 1. The Hall–Kier alpha value is -3.19. The van der Waals surface area contributed by atoms with Gasteiger partial charge in [-0.25, -0.2) is 4.79 Å². The maximum absolute atomic E-state index is 12.4. The maximum atomic E-state index is 12.4. The van der Waals surface area contributed by atoms with Crippen LogP contribution in [0.4, 0.5) is 10.5 Å². The third-order valence-corrected chi connectivity index (χ3v) is 4.27. The van der Waals surface area contributed by atoms with E-state index in [1.54, 1.807) is 50.4 Å². The summed E-state index contributed by atoms with van der Waals surface area (Å²) in [6.07, 6.45) is 0. The van der Waals surface area contributed by atoms with E-state index in [9.17, 15) is 14.4 Å². The van der Waals surface area contributed by atoms with E-state index < -0.39 is 17.5 Å². The van der Waals surface area contributed by atoms with Gasteiger partial charge in [-0.15, -0.1) is 0 Å². The van der Waals surface area contributed by atoms with Gasteiger partial charge in [-0.2, -0.15) is 0 Å². The van der Waals surface area contributed by atoms with Crippen LogP contribution in [0.1, 0.15) is 28.4 Å². The average Bonchev–Trinajstić information content (AvgIpc) is 2.89. The van der Waals surface area contributed by atoms with E-state index in [2.05, 4.69) is 16.0 Å². The van der Waals surface area contributed by atoms with Crippen LogP contribution in [0.3, 0.4) is 0 Å². The normalized spacial score (nSPS) is 19.0. The molecule has 7 heteroatoms. The molecule has 7 nitrogen and oxygen atoms in total. The molecule has 0 bridgehead atoms. The van der Waals surface area contributed by atoms with Gasteiger partial charge >= 0.3 is 6.03 Å². The van der Waals surface area contributed by atoms with E-state index in [1.807, 2.05) is 12.1 Å². The Labute approximate surface area is 150 Å². The molecule has 1 aliphatic rings. The summed E-state index contributed by atoms with van der Waals surface area (Å²) in [5.41, 5.74) is 1.42. The van der Waals surface area contributed by atoms with Crippen molar-refractivity contribution in [1.29, 1.82) is 0 Å². The molecule has 2 aromatic carbocycles. The molecule has 4 amide bonds. The lowest BCUT2D eigenvalue weighted by Gasteiger charge is -2.21. The van der Waals surface area contributed by atoms with Crippen LogP contribution < -0.4 is 16.0 Å². The zero-order valence-electron chi connectivity index (χ0n) is 14.5. The van der Waals surface area contributed by atoms with Gasteiger partial charge in [-0.05, 0) is 42.3 Å². The minimum absolute atomic E-state index is 0.267. The van der Waals surface area contributed by atoms with Crippen LogP contribution in [0.15, 0.2) is 48.5 Å². The van der Waals surface area contributed by atoms with E-state index in [-0.39, 0.29) is 5.91 Å². The Kier molecular flexibility index (Phi) is 4.73. The lowest BCUT2D eigenvalue weighted by molar-refractivity contribution is -0.123. The van der Waals surface area contributed by atoms with Crippen LogP contribution >= 0.6 is 0 Å². The molecule has 26 heavy (non-hydrogen) atoms. The summed E-state index contributed by atoms with van der Waals surface area (Å²) in [5.74, 6) is -0.698. The van der Waals surface area contributed by atoms with E-state index in [4.69, 9.17) is 4.74 Å². The first kappa shape index (κ1) is 17.6. The lowest BCUT2D eigenvalue weighted by Crippen LogP contribution is -2.40. The highest BCUT2D eigenvalue weighted by molar-refractivity contribution is 6.07. The van der Waals surface area contributed by atoms with Crippen LogP contribution in [0.5, 0.6) is 0 Å². The van der Waals surface area contributed by atoms with Gasteiger partial charge in [0.05, 0.1) is 6.61 Å². The highest BCUT2D eigenvalue weighted by atomic mass is 16.5. The van der Waals surface area contributed by atoms with E-state index in [1.165, 1.54) is 0 Å². The molecular formula is C19H19N3O4. The van der Waals surface area contributed by atoms with Crippen molar-refractivity contribution in [3.63, 3.8) is 0 Å². The molecule has 3 rings (SSSR count). The van der Waals surface area contributed by atoms with Crippen LogP contribution in [0.25, 0.3) is 0 Å². The van der Waals surface area contributed by atoms with Crippen molar-refractivity contribution >= 4 is 23.5 Å². The van der Waals surface area contributed by atoms with Gasteiger partial charge in [-0.3, -0.25) is 14.9 Å². The van der Waals surface area contributed by atoms with Crippen molar-refractivity contribution in [1.82, 2.24) is 10.6 Å². The maximum Gasteiger partial charge on any atom is 0.322 e. The van der Waals surface area contributed by atoms with Gasteiger partial charge in [0, 0.05) is 18.4 Å². The molecule has 1 atom stereocenters. The Morgan fingerprint density at radius 2 is 1.88 bits per heavy atom. The summed E-state index contributed by atoms with van der Waals surface area (Å²) in [6.45, 7) is 2.10. The summed E-state index contributed by atoms with van der Waals surface area (Å²) in [4.78, 5) is 35.9. The number of nitrogens with one attached hydrogen (secondary N) is 3. The minimum Gasteiger partial charge on any atom is -0.380 e. The molecule has 2 aromatic rings. The Balaban J connectivity index is 1.77. The fourth-order valence-corrected chi connectivity index (χ4v) is 2.78. The Bertz CT molecular complexity index is 863. The third kappa shape index (κ3) is 3.43. The van der Waals surface area contributed by atoms with Gasteiger partial charge in [0.2, 0.25) is 0 Å². The van der Waals surface area contributed by atoms with Crippen LogP contribution in [0, 0.1) is 0 Å². The monoisotopic (exact) mass is 353 g/mol. The summed E-state index contributed by atoms with van der Waals surface area (Å²) in [5, 5.41) is 7.63. The summed E-state index contributed by atoms with van der Waals surface area (Å²) < 4.78 is 5.05. The topological polar surface area (TPSA) is 96.5 Å². The first-order valence-electron chi connectivity index (χ1n) is 8.06. The Morgan fingerprint density at radius 3 is 2.50 bits per heavy atom. The second-order valence-electron chi connectivity index (χ2n) is 6.20. The second kappa shape index (κ2) is 6.97. The molecule has 1 aliphatic heterocycles. The van der Waals surface area contributed by atoms with Crippen molar-refractivity contribution in [2.75, 3.05) is 12.4 Å². The number of carbonyl (C=O) groups is 3. The molecule has 0 saturated carbocycles. The molecule has 1 heterocycles. The first-order chi connectivity index (χ1) is 12.4. The molecule has 0 spiro atoms. The molecule has 0 aromatic heterocycles. The van der Waals surface area contributed by atoms with E-state index in [0.29, 0.717) is 23.4 Å². The summed E-state index contributed by atoms with van der Waals surface area (Å²) in [7, 11) is 1.61. The van der Waals surface area contributed by atoms with E-state index >= 15 is 0 Å². The number of benzene rings is 2. The highest BCUT2D eigenvalue weighted by Gasteiger charge is 2.43. The molecule has 1 saturated heterocycles. The van der Waals surface area contributed by atoms with Crippen molar-refractivity contribution in [3.8, 4) is 0 Å². The molecular weight excluding hydrogens is 334 g/mol. The molecule has 0 unspecified atom stereocenters. The zero-order chi connectivity index (χ0) is 18.7. The fraction of sp³-hybridized carbons (Fsp3) is 0.211. The largest absolute Gasteiger partial charge is 0.380 e. The molecule has 1 fully saturated rings. The minimum atomic E-state index is -1.17.